The van der Waals surface area contributed by atoms with Gasteiger partial charge in [-0.25, -0.2) is 4.98 Å². The molecule has 2 aromatic heterocycles. The fourth-order valence-corrected chi connectivity index (χ4v) is 2.86. The Balaban J connectivity index is 1.75. The fourth-order valence-electron chi connectivity index (χ4n) is 2.71. The molecule has 0 radical (unpaired) electrons. The summed E-state index contributed by atoms with van der Waals surface area (Å²) in [5.41, 5.74) is 6.72. The zero-order chi connectivity index (χ0) is 14.1. The van der Waals surface area contributed by atoms with Gasteiger partial charge in [-0.15, -0.1) is 0 Å². The first-order valence-electron chi connectivity index (χ1n) is 6.87. The molecule has 1 aliphatic heterocycles. The summed E-state index contributed by atoms with van der Waals surface area (Å²) >= 11 is 5.08. The molecule has 6 heteroatoms. The molecule has 3 heterocycles. The summed E-state index contributed by atoms with van der Waals surface area (Å²) in [7, 11) is 0. The minimum atomic E-state index is 0.177. The molecule has 5 nitrogen and oxygen atoms in total. The molecule has 1 fully saturated rings. The summed E-state index contributed by atoms with van der Waals surface area (Å²) in [5.74, 6) is 1.20. The van der Waals surface area contributed by atoms with Crippen LogP contribution in [0.3, 0.4) is 0 Å². The van der Waals surface area contributed by atoms with E-state index in [0.717, 1.165) is 31.8 Å². The molecule has 0 aromatic carbocycles. The number of hydrogen-bond donors (Lipinski definition) is 1. The molecule has 2 aromatic rings. The lowest BCUT2D eigenvalue weighted by atomic mass is 10.2. The third-order valence-electron chi connectivity index (χ3n) is 4.00. The normalized spacial score (nSPS) is 18.4. The van der Waals surface area contributed by atoms with Crippen molar-refractivity contribution in [1.82, 2.24) is 14.3 Å². The Morgan fingerprint density at radius 2 is 2.05 bits per heavy atom. The second kappa shape index (κ2) is 5.38. The largest absolute Gasteiger partial charge is 0.392 e. The second-order valence-electron chi connectivity index (χ2n) is 5.14. The van der Waals surface area contributed by atoms with Gasteiger partial charge in [-0.1, -0.05) is 18.3 Å². The third-order valence-corrected chi connectivity index (χ3v) is 4.35. The molecule has 0 bridgehead atoms. The van der Waals surface area contributed by atoms with E-state index in [1.807, 2.05) is 18.5 Å². The van der Waals surface area contributed by atoms with Gasteiger partial charge < -0.3 is 10.6 Å². The lowest BCUT2D eigenvalue weighted by molar-refractivity contribution is 0.238. The number of nitrogens with zero attached hydrogens (tertiary/aromatic N) is 4. The summed E-state index contributed by atoms with van der Waals surface area (Å²) in [6.45, 7) is 5.98. The van der Waals surface area contributed by atoms with Crippen molar-refractivity contribution in [3.05, 3.63) is 30.6 Å². The number of thiocarbonyl (C=S) groups is 1. The smallest absolute Gasteiger partial charge is 0.138 e. The lowest BCUT2D eigenvalue weighted by Gasteiger charge is -2.38. The molecule has 0 saturated carbocycles. The molecule has 3 rings (SSSR count). The summed E-state index contributed by atoms with van der Waals surface area (Å²) in [6, 6.07) is 6.40. The second-order valence-corrected chi connectivity index (χ2v) is 5.61. The number of anilines is 1. The first kappa shape index (κ1) is 13.3. The summed E-state index contributed by atoms with van der Waals surface area (Å²) in [4.78, 5) is 9.64. The highest BCUT2D eigenvalue weighted by Gasteiger charge is 2.23. The maximum Gasteiger partial charge on any atom is 0.138 e. The SMILES string of the molecule is CC(C(N)=S)N1CCN(c2cccc3nccn23)CC1. The van der Waals surface area contributed by atoms with Crippen molar-refractivity contribution >= 4 is 28.7 Å². The number of hydrogen-bond acceptors (Lipinski definition) is 4. The monoisotopic (exact) mass is 289 g/mol. The van der Waals surface area contributed by atoms with Crippen LogP contribution in [-0.4, -0.2) is 51.5 Å². The van der Waals surface area contributed by atoms with Gasteiger partial charge in [0.1, 0.15) is 11.5 Å². The molecule has 0 aliphatic carbocycles. The van der Waals surface area contributed by atoms with Crippen LogP contribution in [-0.2, 0) is 0 Å². The Morgan fingerprint density at radius 3 is 2.75 bits per heavy atom. The lowest BCUT2D eigenvalue weighted by Crippen LogP contribution is -2.53. The number of piperazine rings is 1. The highest BCUT2D eigenvalue weighted by molar-refractivity contribution is 7.80. The van der Waals surface area contributed by atoms with Crippen molar-refractivity contribution in [2.24, 2.45) is 5.73 Å². The van der Waals surface area contributed by atoms with Crippen LogP contribution in [0.15, 0.2) is 30.6 Å². The van der Waals surface area contributed by atoms with Gasteiger partial charge in [-0.05, 0) is 19.1 Å². The average molecular weight is 289 g/mol. The minimum absolute atomic E-state index is 0.177. The van der Waals surface area contributed by atoms with E-state index in [9.17, 15) is 0 Å². The molecular formula is C14H19N5S. The third kappa shape index (κ3) is 2.36. The maximum atomic E-state index is 5.74. The predicted molar refractivity (Wildman–Crippen MR) is 85.2 cm³/mol. The summed E-state index contributed by atoms with van der Waals surface area (Å²) in [6.07, 6.45) is 3.85. The molecule has 2 N–H and O–H groups in total. The number of fused-ring (bicyclic) bond motifs is 1. The topological polar surface area (TPSA) is 49.8 Å². The molecule has 1 saturated heterocycles. The van der Waals surface area contributed by atoms with Crippen LogP contribution in [0.4, 0.5) is 5.82 Å². The van der Waals surface area contributed by atoms with Crippen LogP contribution >= 0.6 is 12.2 Å². The van der Waals surface area contributed by atoms with E-state index in [1.165, 1.54) is 5.82 Å². The molecule has 1 unspecified atom stereocenters. The molecule has 0 spiro atoms. The summed E-state index contributed by atoms with van der Waals surface area (Å²) in [5, 5.41) is 0. The van der Waals surface area contributed by atoms with Gasteiger partial charge in [0.25, 0.3) is 0 Å². The minimum Gasteiger partial charge on any atom is -0.392 e. The van der Waals surface area contributed by atoms with E-state index in [2.05, 4.69) is 38.2 Å². The van der Waals surface area contributed by atoms with E-state index < -0.39 is 0 Å². The summed E-state index contributed by atoms with van der Waals surface area (Å²) < 4.78 is 2.13. The van der Waals surface area contributed by atoms with Gasteiger partial charge in [0.15, 0.2) is 0 Å². The van der Waals surface area contributed by atoms with Crippen LogP contribution in [0.2, 0.25) is 0 Å². The van der Waals surface area contributed by atoms with Crippen molar-refractivity contribution in [2.45, 2.75) is 13.0 Å². The Kier molecular flexibility index (Phi) is 3.58. The number of rotatable bonds is 3. The van der Waals surface area contributed by atoms with Crippen molar-refractivity contribution in [3.8, 4) is 0 Å². The van der Waals surface area contributed by atoms with E-state index in [4.69, 9.17) is 18.0 Å². The van der Waals surface area contributed by atoms with E-state index >= 15 is 0 Å². The molecule has 106 valence electrons. The molecule has 1 aliphatic rings. The number of nitrogens with two attached hydrogens (primary N) is 1. The molecule has 1 atom stereocenters. The van der Waals surface area contributed by atoms with Crippen LogP contribution in [0.1, 0.15) is 6.92 Å². The highest BCUT2D eigenvalue weighted by Crippen LogP contribution is 2.18. The van der Waals surface area contributed by atoms with Crippen LogP contribution in [0, 0.1) is 0 Å². The van der Waals surface area contributed by atoms with Gasteiger partial charge in [0, 0.05) is 38.6 Å². The zero-order valence-corrected chi connectivity index (χ0v) is 12.4. The van der Waals surface area contributed by atoms with Gasteiger partial charge >= 0.3 is 0 Å². The van der Waals surface area contributed by atoms with Gasteiger partial charge in [0.05, 0.1) is 11.0 Å². The first-order valence-corrected chi connectivity index (χ1v) is 7.28. The Labute approximate surface area is 124 Å². The van der Waals surface area contributed by atoms with E-state index in [-0.39, 0.29) is 6.04 Å². The van der Waals surface area contributed by atoms with Crippen LogP contribution < -0.4 is 10.6 Å². The quantitative estimate of drug-likeness (QED) is 0.859. The number of imidazole rings is 1. The maximum absolute atomic E-state index is 5.74. The predicted octanol–water partition coefficient (Wildman–Crippen LogP) is 1.13. The van der Waals surface area contributed by atoms with Crippen molar-refractivity contribution in [3.63, 3.8) is 0 Å². The molecular weight excluding hydrogens is 270 g/mol. The standard InChI is InChI=1S/C14H19N5S/c1-11(14(15)20)17-7-9-18(10-8-17)13-4-2-3-12-16-5-6-19(12)13/h2-6,11H,7-10H2,1H3,(H2,15,20). The van der Waals surface area contributed by atoms with Gasteiger partial charge in [-0.2, -0.15) is 0 Å². The Morgan fingerprint density at radius 1 is 1.30 bits per heavy atom. The highest BCUT2D eigenvalue weighted by atomic mass is 32.1. The van der Waals surface area contributed by atoms with Crippen LogP contribution in [0.5, 0.6) is 0 Å². The van der Waals surface area contributed by atoms with Crippen LogP contribution in [0.25, 0.3) is 5.65 Å². The molecule has 0 amide bonds. The number of aromatic nitrogens is 2. The number of pyridine rings is 1. The zero-order valence-electron chi connectivity index (χ0n) is 11.6. The van der Waals surface area contributed by atoms with Crippen molar-refractivity contribution in [1.29, 1.82) is 0 Å². The van der Waals surface area contributed by atoms with Crippen molar-refractivity contribution < 1.29 is 0 Å². The van der Waals surface area contributed by atoms with E-state index in [0.29, 0.717) is 4.99 Å². The molecule has 20 heavy (non-hydrogen) atoms. The average Bonchev–Trinajstić information content (AvgIpc) is 2.95. The Hall–Kier alpha value is -1.66. The Bertz CT molecular complexity index is 615. The van der Waals surface area contributed by atoms with E-state index in [1.54, 1.807) is 0 Å². The first-order chi connectivity index (χ1) is 9.66. The van der Waals surface area contributed by atoms with Gasteiger partial charge in [-0.3, -0.25) is 9.30 Å². The van der Waals surface area contributed by atoms with Gasteiger partial charge in [0.2, 0.25) is 0 Å². The van der Waals surface area contributed by atoms with Crippen molar-refractivity contribution in [2.75, 3.05) is 31.1 Å². The fraction of sp³-hybridized carbons (Fsp3) is 0.429.